The van der Waals surface area contributed by atoms with Crippen molar-refractivity contribution in [2.24, 2.45) is 0 Å². The van der Waals surface area contributed by atoms with Crippen molar-refractivity contribution in [3.63, 3.8) is 0 Å². The molecule has 1 aliphatic rings. The zero-order valence-corrected chi connectivity index (χ0v) is 15.3. The van der Waals surface area contributed by atoms with Crippen LogP contribution in [-0.2, 0) is 13.0 Å². The molecule has 27 heavy (non-hydrogen) atoms. The molecule has 0 amide bonds. The molecule has 1 N–H and O–H groups in total. The second-order valence-electron chi connectivity index (χ2n) is 7.06. The Morgan fingerprint density at radius 2 is 2.11 bits per heavy atom. The van der Waals surface area contributed by atoms with Crippen LogP contribution < -0.4 is 0 Å². The Kier molecular flexibility index (Phi) is 5.44. The maximum atomic E-state index is 9.65. The summed E-state index contributed by atoms with van der Waals surface area (Å²) < 4.78 is 5.47. The fourth-order valence-corrected chi connectivity index (χ4v) is 3.73. The van der Waals surface area contributed by atoms with E-state index in [0.717, 1.165) is 25.1 Å². The number of pyridine rings is 1. The molecular weight excluding hydrogens is 340 g/mol. The van der Waals surface area contributed by atoms with E-state index in [9.17, 15) is 5.11 Å². The first-order chi connectivity index (χ1) is 13.3. The van der Waals surface area contributed by atoms with E-state index in [4.69, 9.17) is 4.52 Å². The molecule has 2 aromatic heterocycles. The van der Waals surface area contributed by atoms with Crippen molar-refractivity contribution < 1.29 is 9.63 Å². The number of phenols is 1. The lowest BCUT2D eigenvalue weighted by atomic mass is 9.96. The van der Waals surface area contributed by atoms with Crippen LogP contribution in [0.4, 0.5) is 0 Å². The van der Waals surface area contributed by atoms with Gasteiger partial charge in [-0.25, -0.2) is 0 Å². The number of rotatable bonds is 6. The van der Waals surface area contributed by atoms with Crippen molar-refractivity contribution in [3.05, 3.63) is 60.1 Å². The van der Waals surface area contributed by atoms with Crippen molar-refractivity contribution in [2.75, 3.05) is 6.54 Å². The average molecular weight is 364 g/mol. The van der Waals surface area contributed by atoms with Crippen LogP contribution in [0.5, 0.6) is 5.75 Å². The van der Waals surface area contributed by atoms with Crippen LogP contribution >= 0.6 is 0 Å². The molecular formula is C21H24N4O2. The minimum absolute atomic E-state index is 0.334. The van der Waals surface area contributed by atoms with Crippen LogP contribution in [0, 0.1) is 0 Å². The quantitative estimate of drug-likeness (QED) is 0.716. The van der Waals surface area contributed by atoms with E-state index < -0.39 is 0 Å². The zero-order chi connectivity index (χ0) is 18.5. The van der Waals surface area contributed by atoms with Gasteiger partial charge in [0.25, 0.3) is 0 Å². The third-order valence-corrected chi connectivity index (χ3v) is 5.13. The van der Waals surface area contributed by atoms with Crippen LogP contribution in [0.15, 0.2) is 53.2 Å². The van der Waals surface area contributed by atoms with Gasteiger partial charge in [-0.2, -0.15) is 4.98 Å². The van der Waals surface area contributed by atoms with Gasteiger partial charge in [-0.05, 0) is 62.1 Å². The predicted octanol–water partition coefficient (Wildman–Crippen LogP) is 3.82. The Balaban J connectivity index is 1.40. The predicted molar refractivity (Wildman–Crippen MR) is 102 cm³/mol. The second-order valence-corrected chi connectivity index (χ2v) is 7.06. The molecule has 4 rings (SSSR count). The summed E-state index contributed by atoms with van der Waals surface area (Å²) in [6.45, 7) is 1.72. The Morgan fingerprint density at radius 1 is 1.15 bits per heavy atom. The summed E-state index contributed by atoms with van der Waals surface area (Å²) in [5, 5.41) is 13.7. The van der Waals surface area contributed by atoms with Crippen LogP contribution in [0.2, 0.25) is 0 Å². The van der Waals surface area contributed by atoms with E-state index in [1.807, 2.05) is 30.3 Å². The summed E-state index contributed by atoms with van der Waals surface area (Å²) in [5.74, 6) is 1.51. The van der Waals surface area contributed by atoms with E-state index in [2.05, 4.69) is 26.1 Å². The summed E-state index contributed by atoms with van der Waals surface area (Å²) in [6, 6.07) is 13.7. The first-order valence-electron chi connectivity index (χ1n) is 9.54. The fraction of sp³-hybridized carbons (Fsp3) is 0.381. The van der Waals surface area contributed by atoms with E-state index in [0.29, 0.717) is 30.1 Å². The van der Waals surface area contributed by atoms with Crippen molar-refractivity contribution in [1.29, 1.82) is 0 Å². The lowest BCUT2D eigenvalue weighted by molar-refractivity contribution is 0.117. The van der Waals surface area contributed by atoms with E-state index in [1.165, 1.54) is 24.8 Å². The van der Waals surface area contributed by atoms with Crippen molar-refractivity contribution in [2.45, 2.75) is 44.7 Å². The summed E-state index contributed by atoms with van der Waals surface area (Å²) in [5.41, 5.74) is 1.90. The molecule has 3 aromatic rings. The van der Waals surface area contributed by atoms with Crippen molar-refractivity contribution in [3.8, 4) is 17.3 Å². The van der Waals surface area contributed by atoms with E-state index in [1.54, 1.807) is 12.3 Å². The fourth-order valence-electron chi connectivity index (χ4n) is 3.73. The van der Waals surface area contributed by atoms with Crippen LogP contribution in [0.1, 0.15) is 37.1 Å². The van der Waals surface area contributed by atoms with Gasteiger partial charge < -0.3 is 9.63 Å². The minimum Gasteiger partial charge on any atom is -0.508 e. The topological polar surface area (TPSA) is 75.3 Å². The molecule has 1 aromatic carbocycles. The number of benzene rings is 1. The first kappa shape index (κ1) is 17.7. The highest BCUT2D eigenvalue weighted by Gasteiger charge is 2.24. The van der Waals surface area contributed by atoms with Gasteiger partial charge in [0.1, 0.15) is 11.4 Å². The number of phenolic OH excluding ortho intramolecular Hbond substituents is 1. The van der Waals surface area contributed by atoms with Gasteiger partial charge in [0, 0.05) is 12.2 Å². The lowest BCUT2D eigenvalue weighted by Crippen LogP contribution is -2.39. The molecule has 1 atom stereocenters. The Labute approximate surface area is 158 Å². The molecule has 6 heteroatoms. The molecule has 1 fully saturated rings. The highest BCUT2D eigenvalue weighted by atomic mass is 16.5. The summed E-state index contributed by atoms with van der Waals surface area (Å²) in [6.07, 6.45) is 7.38. The monoisotopic (exact) mass is 364 g/mol. The minimum atomic E-state index is 0.334. The Bertz CT molecular complexity index is 865. The van der Waals surface area contributed by atoms with Crippen molar-refractivity contribution in [1.82, 2.24) is 20.0 Å². The Morgan fingerprint density at radius 3 is 2.96 bits per heavy atom. The number of hydrogen-bond acceptors (Lipinski definition) is 6. The van der Waals surface area contributed by atoms with Gasteiger partial charge in [-0.3, -0.25) is 9.88 Å². The molecule has 0 aliphatic carbocycles. The highest BCUT2D eigenvalue weighted by Crippen LogP contribution is 2.24. The van der Waals surface area contributed by atoms with Gasteiger partial charge in [0.15, 0.2) is 0 Å². The average Bonchev–Trinajstić information content (AvgIpc) is 3.17. The largest absolute Gasteiger partial charge is 0.508 e. The van der Waals surface area contributed by atoms with Gasteiger partial charge >= 0.3 is 0 Å². The summed E-state index contributed by atoms with van der Waals surface area (Å²) in [7, 11) is 0. The molecule has 0 saturated carbocycles. The molecule has 3 heterocycles. The summed E-state index contributed by atoms with van der Waals surface area (Å²) >= 11 is 0. The van der Waals surface area contributed by atoms with E-state index in [-0.39, 0.29) is 0 Å². The lowest BCUT2D eigenvalue weighted by Gasteiger charge is -2.34. The number of aromatic nitrogens is 3. The number of aromatic hydroxyl groups is 1. The van der Waals surface area contributed by atoms with Gasteiger partial charge in [0.2, 0.25) is 11.7 Å². The number of aryl methyl sites for hydroxylation is 1. The third kappa shape index (κ3) is 4.52. The molecule has 1 unspecified atom stereocenters. The van der Waals surface area contributed by atoms with Crippen LogP contribution in [0.25, 0.3) is 11.5 Å². The molecule has 0 bridgehead atoms. The number of hydrogen-bond donors (Lipinski definition) is 1. The van der Waals surface area contributed by atoms with Gasteiger partial charge in [-0.15, -0.1) is 0 Å². The number of nitrogens with zero attached hydrogens (tertiary/aromatic N) is 4. The highest BCUT2D eigenvalue weighted by molar-refractivity contribution is 5.46. The number of likely N-dealkylation sites (tertiary alicyclic amines) is 1. The normalized spacial score (nSPS) is 17.9. The number of piperidine rings is 1. The SMILES string of the molecule is Oc1cccc(CCC2CCCCN2Cc2nc(-c3ccccn3)no2)c1. The molecule has 1 saturated heterocycles. The smallest absolute Gasteiger partial charge is 0.241 e. The third-order valence-electron chi connectivity index (χ3n) is 5.13. The molecule has 0 radical (unpaired) electrons. The zero-order valence-electron chi connectivity index (χ0n) is 15.3. The molecule has 6 nitrogen and oxygen atoms in total. The van der Waals surface area contributed by atoms with Crippen LogP contribution in [-0.4, -0.2) is 37.7 Å². The van der Waals surface area contributed by atoms with E-state index >= 15 is 0 Å². The molecule has 140 valence electrons. The molecule has 1 aliphatic heterocycles. The first-order valence-corrected chi connectivity index (χ1v) is 9.54. The van der Waals surface area contributed by atoms with Gasteiger partial charge in [-0.1, -0.05) is 29.8 Å². The summed E-state index contributed by atoms with van der Waals surface area (Å²) in [4.78, 5) is 11.2. The Hall–Kier alpha value is -2.73. The maximum absolute atomic E-state index is 9.65. The van der Waals surface area contributed by atoms with Gasteiger partial charge in [0.05, 0.1) is 6.54 Å². The molecule has 0 spiro atoms. The standard InChI is InChI=1S/C21H24N4O2/c26-18-8-5-6-16(14-18)10-11-17-7-2-4-13-25(17)15-20-23-21(24-27-20)19-9-1-3-12-22-19/h1,3,5-6,8-9,12,14,17,26H,2,4,7,10-11,13,15H2. The maximum Gasteiger partial charge on any atom is 0.241 e. The van der Waals surface area contributed by atoms with Crippen LogP contribution in [0.3, 0.4) is 0 Å². The second kappa shape index (κ2) is 8.31. The van der Waals surface area contributed by atoms with Crippen molar-refractivity contribution >= 4 is 0 Å².